The maximum atomic E-state index is 12.6. The van der Waals surface area contributed by atoms with Crippen LogP contribution >= 0.6 is 0 Å². The molecule has 0 atom stereocenters. The molecule has 0 saturated carbocycles. The highest BCUT2D eigenvalue weighted by Gasteiger charge is 2.38. The first kappa shape index (κ1) is 83.1. The monoisotopic (exact) mass is 1510 g/mol. The first-order chi connectivity index (χ1) is 56.6. The van der Waals surface area contributed by atoms with Crippen molar-refractivity contribution >= 4 is 79.5 Å². The molecule has 0 aliphatic carbocycles. The number of hydrogen-bond donors (Lipinski definition) is 0. The van der Waals surface area contributed by atoms with Gasteiger partial charge in [-0.15, -0.1) is 0 Å². The number of para-hydroxylation sites is 4. The van der Waals surface area contributed by atoms with E-state index in [1.54, 1.807) is 12.4 Å². The Balaban J connectivity index is 0.957. The molecule has 8 aromatic carbocycles. The predicted octanol–water partition coefficient (Wildman–Crippen LogP) is 23.3. The third kappa shape index (κ3) is 23.0. The molecule has 4 heterocycles. The fraction of sp³-hybridized carbons (Fsp3) is 0.392. The van der Waals surface area contributed by atoms with E-state index in [-0.39, 0.29) is 0 Å². The number of ether oxygens (including phenoxy) is 2. The van der Waals surface area contributed by atoms with Crippen molar-refractivity contribution in [2.24, 2.45) is 0 Å². The number of hydrogen-bond acceptors (Lipinski definition) is 8. The molecule has 12 rings (SSSR count). The maximum Gasteiger partial charge on any atom is 0.328 e. The number of nitriles is 2. The van der Waals surface area contributed by atoms with E-state index >= 15 is 0 Å². The molecule has 0 fully saturated rings. The van der Waals surface area contributed by atoms with Gasteiger partial charge in [-0.3, -0.25) is 9.97 Å². The van der Waals surface area contributed by atoms with E-state index in [1.165, 1.54) is 205 Å². The predicted molar refractivity (Wildman–Crippen MR) is 481 cm³/mol. The van der Waals surface area contributed by atoms with Crippen molar-refractivity contribution in [2.45, 2.75) is 245 Å². The van der Waals surface area contributed by atoms with Crippen LogP contribution in [0.3, 0.4) is 0 Å². The standard InChI is InChI=1S/C102H120B2N8O2/c1-3-5-7-9-11-13-15-17-19-21-23-25-27-29-31-33-35-53-75-113-87-71-67-81(68-72-87)99-97-98(102(90(78-106)96-80-108-92-64-50-52-66-94(92)110-96)111(99)103(83-55-41-37-42-56-83)84-57-43-38-44-58-84)100(82-69-73-88(74-70-82)114-76-54-36-34-32-30-28-26-24-22-20-18-16-14-12-10-8-6-4-2)112(104(85-59-45-39-46-60-85)86-61-47-40-48-62-86)101(97)89(77-105)95-79-107-91-63-49-51-65-93(91)109-95/h37-52,55-74,79-80H,3-36,53-54,75-76H2,1-2H3/b101-89-,102-90-. The van der Waals surface area contributed by atoms with Crippen molar-refractivity contribution in [1.29, 1.82) is 10.5 Å². The van der Waals surface area contributed by atoms with E-state index in [4.69, 9.17) is 29.4 Å². The molecule has 114 heavy (non-hydrogen) atoms. The Hall–Kier alpha value is -10.3. The van der Waals surface area contributed by atoms with Gasteiger partial charge in [-0.05, 0) is 96.8 Å². The summed E-state index contributed by atoms with van der Waals surface area (Å²) in [5.74, 6) is 1.53. The zero-order valence-electron chi connectivity index (χ0n) is 68.4. The molecule has 0 aliphatic rings. The Morgan fingerprint density at radius 2 is 0.544 bits per heavy atom. The summed E-state index contributed by atoms with van der Waals surface area (Å²) in [4.78, 5) is 20.9. The van der Waals surface area contributed by atoms with Crippen molar-refractivity contribution in [1.82, 2.24) is 28.9 Å². The zero-order chi connectivity index (χ0) is 78.4. The van der Waals surface area contributed by atoms with Crippen LogP contribution in [0.2, 0.25) is 0 Å². The SMILES string of the molecule is CCCCCCCCCCCCCCCCCCCCOc1ccc(-c2c3/c(=C(\C#N)c4cnc5ccccc5n4)n(B(c4ccccc4)c4ccccc4)c(-c4ccc(OCCCCCCCCCCCCCCCCCCCC)cc4)c3/c(=C(\C#N)c3cnc4ccccc4n3)n2B(c2ccccc2)c2ccccc2)cc1. The lowest BCUT2D eigenvalue weighted by molar-refractivity contribution is 0.304. The summed E-state index contributed by atoms with van der Waals surface area (Å²) in [6.07, 6.45) is 51.1. The minimum Gasteiger partial charge on any atom is -0.494 e. The van der Waals surface area contributed by atoms with Crippen molar-refractivity contribution in [3.63, 3.8) is 0 Å². The van der Waals surface area contributed by atoms with Gasteiger partial charge in [0, 0.05) is 22.2 Å². The highest BCUT2D eigenvalue weighted by atomic mass is 16.5. The molecular weight excluding hydrogens is 1390 g/mol. The van der Waals surface area contributed by atoms with Gasteiger partial charge in [0.05, 0.1) is 58.4 Å². The van der Waals surface area contributed by atoms with Crippen LogP contribution in [0.15, 0.2) is 231 Å². The fourth-order valence-corrected chi connectivity index (χ4v) is 16.9. The molecule has 0 N–H and O–H groups in total. The number of rotatable bonds is 50. The summed E-state index contributed by atoms with van der Waals surface area (Å²) in [6, 6.07) is 80.7. The van der Waals surface area contributed by atoms with Crippen LogP contribution in [0.1, 0.15) is 256 Å². The number of fused-ring (bicyclic) bond motifs is 3. The maximum absolute atomic E-state index is 12.6. The minimum absolute atomic E-state index is 0.305. The third-order valence-electron chi connectivity index (χ3n) is 23.0. The summed E-state index contributed by atoms with van der Waals surface area (Å²) in [5.41, 5.74) is 11.3. The topological polar surface area (TPSA) is 127 Å². The zero-order valence-corrected chi connectivity index (χ0v) is 68.4. The van der Waals surface area contributed by atoms with Gasteiger partial charge in [-0.1, -0.05) is 400 Å². The van der Waals surface area contributed by atoms with Crippen molar-refractivity contribution in [2.75, 3.05) is 13.2 Å². The van der Waals surface area contributed by atoms with Crippen LogP contribution in [-0.2, 0) is 0 Å². The van der Waals surface area contributed by atoms with Crippen LogP contribution in [0.25, 0.3) is 66.5 Å². The van der Waals surface area contributed by atoms with Gasteiger partial charge in [0.1, 0.15) is 46.2 Å². The molecule has 586 valence electrons. The second-order valence-corrected chi connectivity index (χ2v) is 31.6. The Morgan fingerprint density at radius 3 is 0.807 bits per heavy atom. The molecule has 0 aliphatic heterocycles. The molecule has 12 heteroatoms. The fourth-order valence-electron chi connectivity index (χ4n) is 16.9. The lowest BCUT2D eigenvalue weighted by atomic mass is 9.50. The Morgan fingerprint density at radius 1 is 0.298 bits per heavy atom. The molecule has 0 spiro atoms. The van der Waals surface area contributed by atoms with Crippen molar-refractivity contribution < 1.29 is 9.47 Å². The van der Waals surface area contributed by atoms with E-state index in [2.05, 4.69) is 205 Å². The third-order valence-corrected chi connectivity index (χ3v) is 23.0. The van der Waals surface area contributed by atoms with Crippen LogP contribution in [0.5, 0.6) is 11.5 Å². The molecule has 0 radical (unpaired) electrons. The molecule has 12 aromatic rings. The number of nitrogens with zero attached hydrogens (tertiary/aromatic N) is 8. The average Bonchev–Trinajstić information content (AvgIpc) is 1.52. The minimum atomic E-state index is -0.573. The second kappa shape index (κ2) is 46.2. The van der Waals surface area contributed by atoms with E-state index in [9.17, 15) is 10.5 Å². The normalized spacial score (nSPS) is 12.0. The van der Waals surface area contributed by atoms with Crippen molar-refractivity contribution in [3.8, 4) is 46.2 Å². The first-order valence-corrected chi connectivity index (χ1v) is 44.0. The Labute approximate surface area is 681 Å². The summed E-state index contributed by atoms with van der Waals surface area (Å²) in [6.45, 7) is 4.65. The number of aromatic nitrogens is 6. The second-order valence-electron chi connectivity index (χ2n) is 31.6. The lowest BCUT2D eigenvalue weighted by Crippen LogP contribution is -2.54. The van der Waals surface area contributed by atoms with Crippen LogP contribution < -0.4 is 42.0 Å². The molecule has 0 unspecified atom stereocenters. The Bertz CT molecular complexity index is 4670. The molecule has 0 saturated heterocycles. The van der Waals surface area contributed by atoms with Crippen LogP contribution in [-0.4, -0.2) is 55.8 Å². The Kier molecular flexibility index (Phi) is 33.7. The van der Waals surface area contributed by atoms with Gasteiger partial charge in [0.25, 0.3) is 0 Å². The number of unbranched alkanes of at least 4 members (excludes halogenated alkanes) is 34. The number of benzene rings is 8. The van der Waals surface area contributed by atoms with Crippen molar-refractivity contribution in [3.05, 3.63) is 253 Å². The molecular formula is C102H120B2N8O2. The highest BCUT2D eigenvalue weighted by molar-refractivity contribution is 6.85. The van der Waals surface area contributed by atoms with E-state index in [0.717, 1.165) is 92.3 Å². The van der Waals surface area contributed by atoms with Gasteiger partial charge in [0.15, 0.2) is 0 Å². The largest absolute Gasteiger partial charge is 0.494 e. The average molecular weight is 1510 g/mol. The summed E-state index contributed by atoms with van der Waals surface area (Å²) >= 11 is 0. The van der Waals surface area contributed by atoms with Gasteiger partial charge < -0.3 is 18.4 Å². The summed E-state index contributed by atoms with van der Waals surface area (Å²) in [7, 11) is 0. The van der Waals surface area contributed by atoms with Crippen LogP contribution in [0, 0.1) is 22.7 Å². The summed E-state index contributed by atoms with van der Waals surface area (Å²) in [5, 5.41) is 27.9. The lowest BCUT2D eigenvalue weighted by Gasteiger charge is -2.24. The molecule has 4 aromatic heterocycles. The first-order valence-electron chi connectivity index (χ1n) is 44.0. The molecule has 10 nitrogen and oxygen atoms in total. The quantitative estimate of drug-likeness (QED) is 0.0272. The van der Waals surface area contributed by atoms with E-state index in [0.29, 0.717) is 68.5 Å². The molecule has 0 bridgehead atoms. The van der Waals surface area contributed by atoms with E-state index in [1.807, 2.05) is 48.5 Å². The molecule has 0 amide bonds. The van der Waals surface area contributed by atoms with Gasteiger partial charge in [0.2, 0.25) is 0 Å². The van der Waals surface area contributed by atoms with Crippen LogP contribution in [0.4, 0.5) is 0 Å². The summed E-state index contributed by atoms with van der Waals surface area (Å²) < 4.78 is 18.2. The highest BCUT2D eigenvalue weighted by Crippen LogP contribution is 2.38. The van der Waals surface area contributed by atoms with E-state index < -0.39 is 13.7 Å². The van der Waals surface area contributed by atoms with Gasteiger partial charge in [-0.25, -0.2) is 9.97 Å². The smallest absolute Gasteiger partial charge is 0.328 e. The van der Waals surface area contributed by atoms with Gasteiger partial charge in [-0.2, -0.15) is 10.5 Å². The van der Waals surface area contributed by atoms with Gasteiger partial charge >= 0.3 is 13.7 Å².